The first kappa shape index (κ1) is 20.5. The zero-order valence-electron chi connectivity index (χ0n) is 16.6. The molecule has 0 spiro atoms. The van der Waals surface area contributed by atoms with E-state index < -0.39 is 16.1 Å². The van der Waals surface area contributed by atoms with E-state index in [1.54, 1.807) is 12.1 Å². The van der Waals surface area contributed by atoms with Gasteiger partial charge in [0.05, 0.1) is 12.4 Å². The van der Waals surface area contributed by atoms with E-state index in [-0.39, 0.29) is 37.9 Å². The van der Waals surface area contributed by atoms with E-state index in [2.05, 4.69) is 10.1 Å². The highest BCUT2D eigenvalue weighted by molar-refractivity contribution is 7.89. The third kappa shape index (κ3) is 4.69. The maximum atomic E-state index is 12.7. The molecule has 2 aromatic carbocycles. The van der Waals surface area contributed by atoms with Gasteiger partial charge in [-0.25, -0.2) is 8.42 Å². The first-order valence-corrected chi connectivity index (χ1v) is 11.3. The molecule has 1 fully saturated rings. The Morgan fingerprint density at radius 1 is 1.13 bits per heavy atom. The van der Waals surface area contributed by atoms with E-state index in [1.807, 2.05) is 49.4 Å². The molecule has 2 heterocycles. The fourth-order valence-corrected chi connectivity index (χ4v) is 4.50. The van der Waals surface area contributed by atoms with Crippen LogP contribution in [0.15, 0.2) is 59.1 Å². The molecule has 0 radical (unpaired) electrons. The molecular weight excluding hydrogens is 406 g/mol. The molecule has 158 valence electrons. The second kappa shape index (κ2) is 8.95. The summed E-state index contributed by atoms with van der Waals surface area (Å²) in [6.07, 6.45) is -0.603. The molecule has 1 saturated heterocycles. The normalized spacial score (nSPS) is 17.7. The van der Waals surface area contributed by atoms with Crippen LogP contribution in [0.3, 0.4) is 0 Å². The van der Waals surface area contributed by atoms with Crippen LogP contribution >= 0.6 is 0 Å². The summed E-state index contributed by atoms with van der Waals surface area (Å²) in [5, 5.41) is 4.04. The van der Waals surface area contributed by atoms with Crippen LogP contribution in [0.1, 0.15) is 17.6 Å². The van der Waals surface area contributed by atoms with Crippen LogP contribution < -0.4 is 4.74 Å². The minimum absolute atomic E-state index is 0.0758. The lowest BCUT2D eigenvalue weighted by Gasteiger charge is -2.30. The molecule has 1 unspecified atom stereocenters. The molecular formula is C21H23N3O5S. The van der Waals surface area contributed by atoms with Crippen molar-refractivity contribution >= 4 is 10.0 Å². The van der Waals surface area contributed by atoms with E-state index in [9.17, 15) is 8.42 Å². The van der Waals surface area contributed by atoms with Gasteiger partial charge in [0, 0.05) is 18.7 Å². The van der Waals surface area contributed by atoms with E-state index >= 15 is 0 Å². The highest BCUT2D eigenvalue weighted by atomic mass is 32.2. The molecule has 0 bridgehead atoms. The van der Waals surface area contributed by atoms with Crippen molar-refractivity contribution < 1.29 is 22.4 Å². The Balaban J connectivity index is 1.40. The Morgan fingerprint density at radius 2 is 1.90 bits per heavy atom. The summed E-state index contributed by atoms with van der Waals surface area (Å²) in [4.78, 5) is 4.43. The molecule has 4 rings (SSSR count). The van der Waals surface area contributed by atoms with Crippen molar-refractivity contribution in [2.24, 2.45) is 0 Å². The molecule has 0 saturated carbocycles. The highest BCUT2D eigenvalue weighted by Crippen LogP contribution is 2.26. The van der Waals surface area contributed by atoms with Crippen molar-refractivity contribution in [2.75, 3.05) is 32.1 Å². The summed E-state index contributed by atoms with van der Waals surface area (Å²) >= 11 is 0. The van der Waals surface area contributed by atoms with Crippen LogP contribution in [0.2, 0.25) is 0 Å². The van der Waals surface area contributed by atoms with Gasteiger partial charge in [-0.05, 0) is 24.6 Å². The van der Waals surface area contributed by atoms with Crippen LogP contribution in [0.5, 0.6) is 5.75 Å². The van der Waals surface area contributed by atoms with Crippen LogP contribution in [-0.2, 0) is 14.8 Å². The monoisotopic (exact) mass is 429 g/mol. The van der Waals surface area contributed by atoms with Gasteiger partial charge in [-0.2, -0.15) is 9.29 Å². The van der Waals surface area contributed by atoms with E-state index in [0.29, 0.717) is 11.6 Å². The van der Waals surface area contributed by atoms with Gasteiger partial charge in [0.25, 0.3) is 5.89 Å². The average molecular weight is 429 g/mol. The quantitative estimate of drug-likeness (QED) is 0.570. The summed E-state index contributed by atoms with van der Waals surface area (Å²) in [7, 11) is -3.51. The molecule has 3 aromatic rings. The van der Waals surface area contributed by atoms with E-state index in [0.717, 1.165) is 11.1 Å². The Kier molecular flexibility index (Phi) is 6.12. The van der Waals surface area contributed by atoms with Crippen LogP contribution in [-0.4, -0.2) is 54.9 Å². The zero-order chi connectivity index (χ0) is 21.0. The van der Waals surface area contributed by atoms with Gasteiger partial charge < -0.3 is 14.0 Å². The lowest BCUT2D eigenvalue weighted by atomic mass is 10.1. The van der Waals surface area contributed by atoms with E-state index in [1.165, 1.54) is 4.31 Å². The molecule has 0 N–H and O–H groups in total. The lowest BCUT2D eigenvalue weighted by Crippen LogP contribution is -2.44. The highest BCUT2D eigenvalue weighted by Gasteiger charge is 2.33. The Morgan fingerprint density at radius 3 is 2.70 bits per heavy atom. The number of benzene rings is 2. The average Bonchev–Trinajstić information content (AvgIpc) is 3.25. The van der Waals surface area contributed by atoms with Gasteiger partial charge >= 0.3 is 0 Å². The molecule has 9 heteroatoms. The maximum Gasteiger partial charge on any atom is 0.257 e. The number of para-hydroxylation sites is 1. The summed E-state index contributed by atoms with van der Waals surface area (Å²) in [6, 6.07) is 16.9. The molecule has 0 amide bonds. The number of hydrogen-bond acceptors (Lipinski definition) is 7. The molecule has 0 aliphatic carbocycles. The van der Waals surface area contributed by atoms with Crippen LogP contribution in [0.25, 0.3) is 11.4 Å². The Bertz CT molecular complexity index is 1080. The number of morpholine rings is 1. The van der Waals surface area contributed by atoms with Crippen LogP contribution in [0.4, 0.5) is 0 Å². The molecule has 30 heavy (non-hydrogen) atoms. The predicted molar refractivity (Wildman–Crippen MR) is 110 cm³/mol. The second-order valence-electron chi connectivity index (χ2n) is 6.97. The molecule has 1 atom stereocenters. The number of nitrogens with zero attached hydrogens (tertiary/aromatic N) is 3. The largest absolute Gasteiger partial charge is 0.492 e. The van der Waals surface area contributed by atoms with Gasteiger partial charge in [-0.3, -0.25) is 0 Å². The van der Waals surface area contributed by atoms with Gasteiger partial charge in [-0.15, -0.1) is 0 Å². The maximum absolute atomic E-state index is 12.7. The van der Waals surface area contributed by atoms with Crippen molar-refractivity contribution in [2.45, 2.75) is 13.0 Å². The van der Waals surface area contributed by atoms with Crippen molar-refractivity contribution in [3.05, 3.63) is 66.1 Å². The van der Waals surface area contributed by atoms with Gasteiger partial charge in [0.15, 0.2) is 6.10 Å². The predicted octanol–water partition coefficient (Wildman–Crippen LogP) is 2.83. The zero-order valence-corrected chi connectivity index (χ0v) is 17.4. The third-order valence-corrected chi connectivity index (χ3v) is 6.68. The van der Waals surface area contributed by atoms with E-state index in [4.69, 9.17) is 14.0 Å². The molecule has 1 aliphatic heterocycles. The minimum atomic E-state index is -3.51. The second-order valence-corrected chi connectivity index (χ2v) is 9.05. The number of sulfonamides is 1. The molecule has 1 aromatic heterocycles. The van der Waals surface area contributed by atoms with Crippen molar-refractivity contribution in [3.8, 4) is 17.1 Å². The van der Waals surface area contributed by atoms with Crippen molar-refractivity contribution in [3.63, 3.8) is 0 Å². The van der Waals surface area contributed by atoms with Crippen molar-refractivity contribution in [1.29, 1.82) is 0 Å². The van der Waals surface area contributed by atoms with Crippen molar-refractivity contribution in [1.82, 2.24) is 14.4 Å². The molecule has 1 aliphatic rings. The standard InChI is InChI=1S/C21H23N3O5S/c1-16-7-5-6-10-18(16)20-22-21(29-23-20)19-15-24(11-12-28-19)30(25,26)14-13-27-17-8-3-2-4-9-17/h2-10,19H,11-15H2,1H3. The van der Waals surface area contributed by atoms with Gasteiger partial charge in [0.1, 0.15) is 12.4 Å². The number of hydrogen-bond donors (Lipinski definition) is 0. The number of aromatic nitrogens is 2. The number of rotatable bonds is 7. The van der Waals surface area contributed by atoms with Gasteiger partial charge in [-0.1, -0.05) is 47.6 Å². The molecule has 8 nitrogen and oxygen atoms in total. The first-order valence-electron chi connectivity index (χ1n) is 9.70. The lowest BCUT2D eigenvalue weighted by molar-refractivity contribution is -0.0200. The Labute approximate surface area is 175 Å². The van der Waals surface area contributed by atoms with Crippen LogP contribution in [0, 0.1) is 6.92 Å². The fraction of sp³-hybridized carbons (Fsp3) is 0.333. The first-order chi connectivity index (χ1) is 14.5. The summed E-state index contributed by atoms with van der Waals surface area (Å²) in [5.74, 6) is 1.26. The smallest absolute Gasteiger partial charge is 0.257 e. The number of aryl methyl sites for hydroxylation is 1. The summed E-state index contributed by atoms with van der Waals surface area (Å²) in [6.45, 7) is 2.71. The SMILES string of the molecule is Cc1ccccc1-c1noc(C2CN(S(=O)(=O)CCOc3ccccc3)CCO2)n1. The van der Waals surface area contributed by atoms with Gasteiger partial charge in [0.2, 0.25) is 15.8 Å². The third-order valence-electron chi connectivity index (χ3n) is 4.88. The summed E-state index contributed by atoms with van der Waals surface area (Å²) < 4.78 is 43.5. The number of ether oxygens (including phenoxy) is 2. The minimum Gasteiger partial charge on any atom is -0.492 e. The fourth-order valence-electron chi connectivity index (χ4n) is 3.24. The summed E-state index contributed by atoms with van der Waals surface area (Å²) in [5.41, 5.74) is 1.89. The topological polar surface area (TPSA) is 94.8 Å². The Hall–Kier alpha value is -2.75.